The number of rotatable bonds is 9. The average Bonchev–Trinajstić information content (AvgIpc) is 3.61. The molecule has 0 fully saturated rings. The molecule has 1 aliphatic rings. The molecule has 0 saturated heterocycles. The summed E-state index contributed by atoms with van der Waals surface area (Å²) in [5.41, 5.74) is 19.0. The molecular formula is C65H48N2. The summed E-state index contributed by atoms with van der Waals surface area (Å²) in [6.45, 7) is 4.77. The molecule has 0 atom stereocenters. The van der Waals surface area contributed by atoms with Gasteiger partial charge in [0.1, 0.15) is 0 Å². The van der Waals surface area contributed by atoms with Gasteiger partial charge >= 0.3 is 0 Å². The number of hydrogen-bond donors (Lipinski definition) is 0. The Kier molecular flexibility index (Phi) is 9.88. The summed E-state index contributed by atoms with van der Waals surface area (Å²) in [5, 5.41) is 4.96. The minimum absolute atomic E-state index is 0.262. The molecule has 11 aromatic rings. The first-order chi connectivity index (χ1) is 33.0. The van der Waals surface area contributed by atoms with Gasteiger partial charge in [0.05, 0.1) is 0 Å². The van der Waals surface area contributed by atoms with Crippen molar-refractivity contribution in [2.45, 2.75) is 19.3 Å². The lowest BCUT2D eigenvalue weighted by Gasteiger charge is -2.29. The van der Waals surface area contributed by atoms with Crippen LogP contribution in [0.3, 0.4) is 0 Å². The molecule has 0 unspecified atom stereocenters. The highest BCUT2D eigenvalue weighted by atomic mass is 15.1. The molecule has 0 bridgehead atoms. The zero-order chi connectivity index (χ0) is 44.9. The monoisotopic (exact) mass is 856 g/mol. The summed E-state index contributed by atoms with van der Waals surface area (Å²) in [6, 6.07) is 93.1. The Morgan fingerprint density at radius 3 is 1.27 bits per heavy atom. The molecule has 0 heterocycles. The van der Waals surface area contributed by atoms with Crippen molar-refractivity contribution >= 4 is 55.7 Å². The lowest BCUT2D eigenvalue weighted by molar-refractivity contribution is 0.660. The van der Waals surface area contributed by atoms with Crippen molar-refractivity contribution in [1.29, 1.82) is 0 Å². The maximum Gasteiger partial charge on any atom is 0.0468 e. The van der Waals surface area contributed by atoms with Gasteiger partial charge in [-0.25, -0.2) is 0 Å². The van der Waals surface area contributed by atoms with Crippen LogP contribution in [-0.2, 0) is 5.41 Å². The fourth-order valence-corrected chi connectivity index (χ4v) is 10.3. The van der Waals surface area contributed by atoms with Crippen LogP contribution in [0, 0.1) is 0 Å². The zero-order valence-corrected chi connectivity index (χ0v) is 37.6. The second-order valence-electron chi connectivity index (χ2n) is 18.2. The van der Waals surface area contributed by atoms with Crippen LogP contribution in [0.4, 0.5) is 34.1 Å². The Bertz CT molecular complexity index is 3570. The first kappa shape index (κ1) is 40.1. The van der Waals surface area contributed by atoms with Crippen LogP contribution in [0.5, 0.6) is 0 Å². The van der Waals surface area contributed by atoms with Gasteiger partial charge in [0.2, 0.25) is 0 Å². The average molecular weight is 857 g/mol. The van der Waals surface area contributed by atoms with E-state index >= 15 is 0 Å². The van der Waals surface area contributed by atoms with Crippen LogP contribution < -0.4 is 9.80 Å². The van der Waals surface area contributed by atoms with Crippen LogP contribution in [-0.4, -0.2) is 0 Å². The predicted octanol–water partition coefficient (Wildman–Crippen LogP) is 18.2. The number of nitrogens with zero attached hydrogens (tertiary/aromatic N) is 2. The Labute approximate surface area is 393 Å². The quantitative estimate of drug-likeness (QED) is 0.143. The third-order valence-electron chi connectivity index (χ3n) is 13.8. The molecular weight excluding hydrogens is 809 g/mol. The van der Waals surface area contributed by atoms with Crippen molar-refractivity contribution in [3.8, 4) is 44.5 Å². The van der Waals surface area contributed by atoms with Gasteiger partial charge in [-0.3, -0.25) is 0 Å². The topological polar surface area (TPSA) is 6.48 Å². The van der Waals surface area contributed by atoms with E-state index in [0.29, 0.717) is 0 Å². The molecule has 0 amide bonds. The minimum Gasteiger partial charge on any atom is -0.310 e. The number of fused-ring (bicyclic) bond motifs is 5. The van der Waals surface area contributed by atoms with E-state index in [9.17, 15) is 0 Å². The molecule has 0 radical (unpaired) electrons. The van der Waals surface area contributed by atoms with Gasteiger partial charge in [-0.05, 0) is 150 Å². The molecule has 0 N–H and O–H groups in total. The van der Waals surface area contributed by atoms with E-state index in [1.807, 2.05) is 0 Å². The first-order valence-corrected chi connectivity index (χ1v) is 23.2. The maximum absolute atomic E-state index is 2.43. The van der Waals surface area contributed by atoms with Gasteiger partial charge in [0.25, 0.3) is 0 Å². The molecule has 2 heteroatoms. The zero-order valence-electron chi connectivity index (χ0n) is 37.6. The molecule has 67 heavy (non-hydrogen) atoms. The Morgan fingerprint density at radius 2 is 0.657 bits per heavy atom. The normalized spacial score (nSPS) is 12.4. The number of hydrogen-bond acceptors (Lipinski definition) is 2. The van der Waals surface area contributed by atoms with Crippen LogP contribution in [0.1, 0.15) is 25.0 Å². The number of anilines is 6. The molecule has 11 aromatic carbocycles. The number of benzene rings is 11. The van der Waals surface area contributed by atoms with Crippen molar-refractivity contribution in [3.63, 3.8) is 0 Å². The van der Waals surface area contributed by atoms with Crippen LogP contribution in [0.2, 0.25) is 0 Å². The summed E-state index contributed by atoms with van der Waals surface area (Å²) >= 11 is 0. The van der Waals surface area contributed by atoms with E-state index in [2.05, 4.69) is 278 Å². The lowest BCUT2D eigenvalue weighted by atomic mass is 9.82. The fraction of sp³-hybridized carbons (Fsp3) is 0.0462. The number of para-hydroxylation sites is 1. The largest absolute Gasteiger partial charge is 0.310 e. The molecule has 0 spiro atoms. The Hall–Kier alpha value is -8.46. The second kappa shape index (κ2) is 16.5. The van der Waals surface area contributed by atoms with E-state index < -0.39 is 0 Å². The van der Waals surface area contributed by atoms with Crippen molar-refractivity contribution < 1.29 is 0 Å². The first-order valence-electron chi connectivity index (χ1n) is 23.2. The van der Waals surface area contributed by atoms with Crippen LogP contribution in [0.25, 0.3) is 66.1 Å². The molecule has 1 aliphatic carbocycles. The van der Waals surface area contributed by atoms with E-state index in [1.165, 1.54) is 77.2 Å². The third-order valence-corrected chi connectivity index (χ3v) is 13.8. The van der Waals surface area contributed by atoms with Crippen LogP contribution >= 0.6 is 0 Å². The highest BCUT2D eigenvalue weighted by Crippen LogP contribution is 2.53. The van der Waals surface area contributed by atoms with Gasteiger partial charge in [-0.1, -0.05) is 196 Å². The van der Waals surface area contributed by atoms with Crippen LogP contribution in [0.15, 0.2) is 255 Å². The highest BCUT2D eigenvalue weighted by molar-refractivity contribution is 5.97. The summed E-state index contributed by atoms with van der Waals surface area (Å²) in [4.78, 5) is 4.80. The maximum atomic E-state index is 2.43. The Balaban J connectivity index is 0.903. The van der Waals surface area contributed by atoms with Gasteiger partial charge < -0.3 is 9.80 Å². The summed E-state index contributed by atoms with van der Waals surface area (Å²) in [7, 11) is 0. The molecule has 0 saturated carbocycles. The SMILES string of the molecule is CC1(C)c2cc(N(c3ccccc3)c3ccc(-c4ccc(-c5ccccc5)cc4)cc3)ccc2-c2ccc(N(c3ccc(-c4cccc5ccccc45)cc3)c3ccc4ccccc4c3)cc21. The van der Waals surface area contributed by atoms with Crippen molar-refractivity contribution in [1.82, 2.24) is 0 Å². The van der Waals surface area contributed by atoms with Crippen molar-refractivity contribution in [3.05, 3.63) is 266 Å². The summed E-state index contributed by atoms with van der Waals surface area (Å²) in [6.07, 6.45) is 0. The molecule has 12 rings (SSSR count). The predicted molar refractivity (Wildman–Crippen MR) is 285 cm³/mol. The fourth-order valence-electron chi connectivity index (χ4n) is 10.3. The van der Waals surface area contributed by atoms with E-state index in [4.69, 9.17) is 0 Å². The van der Waals surface area contributed by atoms with E-state index in [0.717, 1.165) is 34.1 Å². The standard InChI is InChI=1S/C65H48N2/c1-65(2)63-43-57(66(53-20-7-4-8-21-53)54-33-28-49(29-34-54)48-26-24-47(25-27-48)45-14-5-3-6-15-45)38-40-61(63)62-41-39-58(44-64(62)65)67(56-37-30-46-16-9-10-18-52(46)42-56)55-35-31-51(32-36-55)60-23-13-19-50-17-11-12-22-59(50)60/h3-44H,1-2H3. The molecule has 2 nitrogen and oxygen atoms in total. The molecule has 0 aliphatic heterocycles. The van der Waals surface area contributed by atoms with Gasteiger partial charge in [-0.15, -0.1) is 0 Å². The van der Waals surface area contributed by atoms with Gasteiger partial charge in [0.15, 0.2) is 0 Å². The van der Waals surface area contributed by atoms with Gasteiger partial charge in [0, 0.05) is 39.5 Å². The smallest absolute Gasteiger partial charge is 0.0468 e. The summed E-state index contributed by atoms with van der Waals surface area (Å²) in [5.74, 6) is 0. The van der Waals surface area contributed by atoms with E-state index in [-0.39, 0.29) is 5.41 Å². The third kappa shape index (κ3) is 7.24. The second-order valence-corrected chi connectivity index (χ2v) is 18.2. The molecule has 318 valence electrons. The van der Waals surface area contributed by atoms with Gasteiger partial charge in [-0.2, -0.15) is 0 Å². The lowest BCUT2D eigenvalue weighted by Crippen LogP contribution is -2.17. The minimum atomic E-state index is -0.262. The highest BCUT2D eigenvalue weighted by Gasteiger charge is 2.37. The Morgan fingerprint density at radius 1 is 0.254 bits per heavy atom. The van der Waals surface area contributed by atoms with Crippen molar-refractivity contribution in [2.24, 2.45) is 0 Å². The van der Waals surface area contributed by atoms with Crippen molar-refractivity contribution in [2.75, 3.05) is 9.80 Å². The summed E-state index contributed by atoms with van der Waals surface area (Å²) < 4.78 is 0. The molecule has 0 aromatic heterocycles. The van der Waals surface area contributed by atoms with E-state index in [1.54, 1.807) is 0 Å².